The van der Waals surface area contributed by atoms with E-state index in [1.807, 2.05) is 0 Å². The van der Waals surface area contributed by atoms with Gasteiger partial charge in [-0.15, -0.1) is 11.6 Å². The van der Waals surface area contributed by atoms with Gasteiger partial charge in [0.25, 0.3) is 0 Å². The summed E-state index contributed by atoms with van der Waals surface area (Å²) < 4.78 is 5.66. The molecule has 1 saturated heterocycles. The molecule has 1 fully saturated rings. The molecule has 1 atom stereocenters. The molecule has 0 saturated carbocycles. The van der Waals surface area contributed by atoms with Crippen LogP contribution in [0.15, 0.2) is 24.3 Å². The quantitative estimate of drug-likeness (QED) is 0.814. The molecule has 1 N–H and O–H groups in total. The van der Waals surface area contributed by atoms with Gasteiger partial charge in [0.15, 0.2) is 0 Å². The van der Waals surface area contributed by atoms with Crippen LogP contribution in [0.3, 0.4) is 0 Å². The maximum Gasteiger partial charge on any atom is 0.0747 e. The molecule has 1 unspecified atom stereocenters. The van der Waals surface area contributed by atoms with Crippen LogP contribution in [0.4, 0.5) is 5.69 Å². The Morgan fingerprint density at radius 3 is 2.69 bits per heavy atom. The molecular weight excluding hydrogens is 222 g/mol. The van der Waals surface area contributed by atoms with Crippen LogP contribution in [0.25, 0.3) is 0 Å². The standard InChI is InChI=1S/C13H18ClNO/c14-9-11-4-6-12(7-5-11)15-10-13-3-1-2-8-16-13/h4-7,13,15H,1-3,8-10H2. The van der Waals surface area contributed by atoms with Crippen LogP contribution >= 0.6 is 11.6 Å². The lowest BCUT2D eigenvalue weighted by molar-refractivity contribution is 0.0247. The van der Waals surface area contributed by atoms with Crippen molar-refractivity contribution in [3.05, 3.63) is 29.8 Å². The number of rotatable bonds is 4. The molecule has 0 spiro atoms. The number of alkyl halides is 1. The highest BCUT2D eigenvalue weighted by Gasteiger charge is 2.12. The van der Waals surface area contributed by atoms with E-state index in [1.54, 1.807) is 0 Å². The molecule has 0 bridgehead atoms. The number of anilines is 1. The first-order chi connectivity index (χ1) is 7.88. The third kappa shape index (κ3) is 3.39. The number of ether oxygens (including phenoxy) is 1. The molecule has 0 radical (unpaired) electrons. The lowest BCUT2D eigenvalue weighted by atomic mass is 10.1. The molecular formula is C13H18ClNO. The summed E-state index contributed by atoms with van der Waals surface area (Å²) in [6.07, 6.45) is 4.05. The Kier molecular flexibility index (Phi) is 4.49. The minimum atomic E-state index is 0.376. The summed E-state index contributed by atoms with van der Waals surface area (Å²) in [5.74, 6) is 0.575. The predicted molar refractivity (Wildman–Crippen MR) is 68.1 cm³/mol. The molecule has 1 aromatic rings. The molecule has 2 rings (SSSR count). The first-order valence-corrected chi connectivity index (χ1v) is 6.42. The molecule has 0 aromatic heterocycles. The summed E-state index contributed by atoms with van der Waals surface area (Å²) in [5, 5.41) is 3.40. The second-order valence-corrected chi connectivity index (χ2v) is 4.47. The Labute approximate surface area is 102 Å². The van der Waals surface area contributed by atoms with Crippen molar-refractivity contribution in [1.29, 1.82) is 0 Å². The van der Waals surface area contributed by atoms with Crippen molar-refractivity contribution in [3.8, 4) is 0 Å². The van der Waals surface area contributed by atoms with Crippen LogP contribution in [0.5, 0.6) is 0 Å². The molecule has 1 aliphatic rings. The smallest absolute Gasteiger partial charge is 0.0747 e. The third-order valence-electron chi connectivity index (χ3n) is 2.92. The number of benzene rings is 1. The van der Waals surface area contributed by atoms with Crippen molar-refractivity contribution in [2.75, 3.05) is 18.5 Å². The minimum absolute atomic E-state index is 0.376. The zero-order chi connectivity index (χ0) is 11.2. The zero-order valence-corrected chi connectivity index (χ0v) is 10.2. The topological polar surface area (TPSA) is 21.3 Å². The van der Waals surface area contributed by atoms with Crippen molar-refractivity contribution in [2.45, 2.75) is 31.2 Å². The summed E-state index contributed by atoms with van der Waals surface area (Å²) in [6, 6.07) is 8.25. The average molecular weight is 240 g/mol. The summed E-state index contributed by atoms with van der Waals surface area (Å²) in [6.45, 7) is 1.82. The Bertz CT molecular complexity index is 306. The number of hydrogen-bond acceptors (Lipinski definition) is 2. The van der Waals surface area contributed by atoms with Crippen LogP contribution in [-0.4, -0.2) is 19.3 Å². The van der Waals surface area contributed by atoms with E-state index in [2.05, 4.69) is 29.6 Å². The fourth-order valence-electron chi connectivity index (χ4n) is 1.91. The lowest BCUT2D eigenvalue weighted by Gasteiger charge is -2.23. The van der Waals surface area contributed by atoms with E-state index in [0.717, 1.165) is 24.4 Å². The molecule has 1 heterocycles. The van der Waals surface area contributed by atoms with Crippen LogP contribution in [-0.2, 0) is 10.6 Å². The Morgan fingerprint density at radius 2 is 2.06 bits per heavy atom. The maximum atomic E-state index is 5.74. The second-order valence-electron chi connectivity index (χ2n) is 4.20. The van der Waals surface area contributed by atoms with Crippen LogP contribution in [0.1, 0.15) is 24.8 Å². The molecule has 1 aliphatic heterocycles. The van der Waals surface area contributed by atoms with E-state index in [9.17, 15) is 0 Å². The van der Waals surface area contributed by atoms with Crippen LogP contribution in [0, 0.1) is 0 Å². The Hall–Kier alpha value is -0.730. The lowest BCUT2D eigenvalue weighted by Crippen LogP contribution is -2.26. The number of hydrogen-bond donors (Lipinski definition) is 1. The Balaban J connectivity index is 1.79. The van der Waals surface area contributed by atoms with E-state index in [1.165, 1.54) is 19.3 Å². The van der Waals surface area contributed by atoms with E-state index < -0.39 is 0 Å². The van der Waals surface area contributed by atoms with Crippen molar-refractivity contribution in [1.82, 2.24) is 0 Å². The van der Waals surface area contributed by atoms with Gasteiger partial charge in [-0.3, -0.25) is 0 Å². The largest absolute Gasteiger partial charge is 0.382 e. The van der Waals surface area contributed by atoms with Crippen molar-refractivity contribution >= 4 is 17.3 Å². The fraction of sp³-hybridized carbons (Fsp3) is 0.538. The normalized spacial score (nSPS) is 20.7. The van der Waals surface area contributed by atoms with E-state index >= 15 is 0 Å². The van der Waals surface area contributed by atoms with Crippen molar-refractivity contribution in [2.24, 2.45) is 0 Å². The highest BCUT2D eigenvalue weighted by Crippen LogP contribution is 2.15. The number of nitrogens with one attached hydrogen (secondary N) is 1. The van der Waals surface area contributed by atoms with Gasteiger partial charge < -0.3 is 10.1 Å². The molecule has 88 valence electrons. The van der Waals surface area contributed by atoms with Gasteiger partial charge >= 0.3 is 0 Å². The van der Waals surface area contributed by atoms with Crippen molar-refractivity contribution < 1.29 is 4.74 Å². The molecule has 16 heavy (non-hydrogen) atoms. The van der Waals surface area contributed by atoms with Gasteiger partial charge in [0.05, 0.1) is 6.10 Å². The summed E-state index contributed by atoms with van der Waals surface area (Å²) in [5.41, 5.74) is 2.30. The van der Waals surface area contributed by atoms with Gasteiger partial charge in [0.2, 0.25) is 0 Å². The fourth-order valence-corrected chi connectivity index (χ4v) is 2.09. The second kappa shape index (κ2) is 6.12. The molecule has 3 heteroatoms. The van der Waals surface area contributed by atoms with Gasteiger partial charge in [-0.05, 0) is 37.0 Å². The van der Waals surface area contributed by atoms with Gasteiger partial charge in [-0.1, -0.05) is 12.1 Å². The van der Waals surface area contributed by atoms with Crippen molar-refractivity contribution in [3.63, 3.8) is 0 Å². The molecule has 0 amide bonds. The zero-order valence-electron chi connectivity index (χ0n) is 9.42. The monoisotopic (exact) mass is 239 g/mol. The van der Waals surface area contributed by atoms with Gasteiger partial charge in [0.1, 0.15) is 0 Å². The van der Waals surface area contributed by atoms with Crippen LogP contribution in [0.2, 0.25) is 0 Å². The van der Waals surface area contributed by atoms with Gasteiger partial charge in [-0.25, -0.2) is 0 Å². The highest BCUT2D eigenvalue weighted by atomic mass is 35.5. The summed E-state index contributed by atoms with van der Waals surface area (Å²) in [7, 11) is 0. The van der Waals surface area contributed by atoms with E-state index in [0.29, 0.717) is 12.0 Å². The summed E-state index contributed by atoms with van der Waals surface area (Å²) in [4.78, 5) is 0. The van der Waals surface area contributed by atoms with Gasteiger partial charge in [-0.2, -0.15) is 0 Å². The minimum Gasteiger partial charge on any atom is -0.382 e. The average Bonchev–Trinajstić information content (AvgIpc) is 2.38. The highest BCUT2D eigenvalue weighted by molar-refractivity contribution is 6.17. The molecule has 0 aliphatic carbocycles. The first kappa shape index (κ1) is 11.7. The van der Waals surface area contributed by atoms with E-state index in [4.69, 9.17) is 16.3 Å². The van der Waals surface area contributed by atoms with E-state index in [-0.39, 0.29) is 0 Å². The first-order valence-electron chi connectivity index (χ1n) is 5.89. The van der Waals surface area contributed by atoms with Gasteiger partial charge in [0, 0.05) is 24.7 Å². The number of halogens is 1. The Morgan fingerprint density at radius 1 is 1.25 bits per heavy atom. The predicted octanol–water partition coefficient (Wildman–Crippen LogP) is 3.41. The summed E-state index contributed by atoms with van der Waals surface area (Å²) >= 11 is 5.74. The third-order valence-corrected chi connectivity index (χ3v) is 3.22. The maximum absolute atomic E-state index is 5.74. The van der Waals surface area contributed by atoms with Crippen LogP contribution < -0.4 is 5.32 Å². The molecule has 1 aromatic carbocycles. The SMILES string of the molecule is ClCc1ccc(NCC2CCCCO2)cc1. The molecule has 2 nitrogen and oxygen atoms in total.